The number of hydrogen-bond donors (Lipinski definition) is 0. The standard InChI is InChI=1S/C45H32/c1-2-7-32(8-3-1)34-13-19-37(20-14-34)39-25-27-42(28-26-39)44-12-6-11-41-29-30-43(31-45(41)44)40-23-21-38(22-24-40)36-17-15-35(16-18-36)33-9-4-5-10-33/h1-4,6-31H,5H2. The fourth-order valence-corrected chi connectivity index (χ4v) is 6.41. The van der Waals surface area contributed by atoms with E-state index in [-0.39, 0.29) is 0 Å². The van der Waals surface area contributed by atoms with Crippen molar-refractivity contribution in [3.05, 3.63) is 188 Å². The van der Waals surface area contributed by atoms with Gasteiger partial charge in [-0.1, -0.05) is 176 Å². The van der Waals surface area contributed by atoms with Crippen LogP contribution in [0.25, 0.3) is 72.0 Å². The predicted molar refractivity (Wildman–Crippen MR) is 193 cm³/mol. The van der Waals surface area contributed by atoms with Crippen LogP contribution in [0.15, 0.2) is 182 Å². The van der Waals surface area contributed by atoms with Crippen molar-refractivity contribution in [1.29, 1.82) is 0 Å². The Morgan fingerprint density at radius 3 is 1.33 bits per heavy atom. The quantitative estimate of drug-likeness (QED) is 0.186. The average Bonchev–Trinajstić information content (AvgIpc) is 3.67. The molecule has 0 saturated heterocycles. The number of rotatable bonds is 6. The molecule has 8 rings (SSSR count). The highest BCUT2D eigenvalue weighted by molar-refractivity contribution is 5.99. The monoisotopic (exact) mass is 572 g/mol. The van der Waals surface area contributed by atoms with Gasteiger partial charge in [-0.2, -0.15) is 0 Å². The molecule has 0 N–H and O–H groups in total. The lowest BCUT2D eigenvalue weighted by Gasteiger charge is -2.11. The minimum absolute atomic E-state index is 1.03. The Labute approximate surface area is 265 Å². The van der Waals surface area contributed by atoms with Crippen LogP contribution in [0.3, 0.4) is 0 Å². The Bertz CT molecular complexity index is 2160. The lowest BCUT2D eigenvalue weighted by Crippen LogP contribution is -1.86. The molecular weight excluding hydrogens is 540 g/mol. The van der Waals surface area contributed by atoms with E-state index in [1.54, 1.807) is 0 Å². The maximum absolute atomic E-state index is 2.34. The molecular formula is C45H32. The SMILES string of the molecule is C1=CC(c2ccc(-c3ccc(-c4ccc5cccc(-c6ccc(-c7ccc(-c8ccccc8)cc7)cc6)c5c4)cc3)cc2)=CC1. The molecule has 0 heteroatoms. The molecule has 0 atom stereocenters. The second kappa shape index (κ2) is 11.8. The minimum Gasteiger partial charge on any atom is -0.0801 e. The first-order chi connectivity index (χ1) is 22.3. The Morgan fingerprint density at radius 2 is 0.800 bits per heavy atom. The summed E-state index contributed by atoms with van der Waals surface area (Å²) in [6.07, 6.45) is 7.73. The predicted octanol–water partition coefficient (Wildman–Crippen LogP) is 12.5. The van der Waals surface area contributed by atoms with E-state index >= 15 is 0 Å². The van der Waals surface area contributed by atoms with Crippen molar-refractivity contribution in [2.45, 2.75) is 6.42 Å². The Hall–Kier alpha value is -5.72. The third-order valence-electron chi connectivity index (χ3n) is 8.94. The van der Waals surface area contributed by atoms with Gasteiger partial charge in [-0.15, -0.1) is 0 Å². The first-order valence-corrected chi connectivity index (χ1v) is 15.7. The van der Waals surface area contributed by atoms with E-state index in [1.807, 2.05) is 0 Å². The van der Waals surface area contributed by atoms with Gasteiger partial charge in [-0.25, -0.2) is 0 Å². The van der Waals surface area contributed by atoms with Crippen molar-refractivity contribution in [1.82, 2.24) is 0 Å². The third kappa shape index (κ3) is 5.44. The molecule has 0 saturated carbocycles. The summed E-state index contributed by atoms with van der Waals surface area (Å²) in [4.78, 5) is 0. The maximum Gasteiger partial charge on any atom is -0.00992 e. The van der Waals surface area contributed by atoms with Gasteiger partial charge < -0.3 is 0 Å². The molecule has 0 aromatic heterocycles. The second-order valence-electron chi connectivity index (χ2n) is 11.7. The first kappa shape index (κ1) is 26.9. The molecule has 0 nitrogen and oxygen atoms in total. The molecule has 0 amide bonds. The van der Waals surface area contributed by atoms with E-state index in [0.29, 0.717) is 0 Å². The highest BCUT2D eigenvalue weighted by Crippen LogP contribution is 2.35. The maximum atomic E-state index is 2.34. The van der Waals surface area contributed by atoms with E-state index < -0.39 is 0 Å². The fraction of sp³-hybridized carbons (Fsp3) is 0.0222. The topological polar surface area (TPSA) is 0 Å². The summed E-state index contributed by atoms with van der Waals surface area (Å²) in [7, 11) is 0. The van der Waals surface area contributed by atoms with Gasteiger partial charge in [0.05, 0.1) is 0 Å². The zero-order valence-electron chi connectivity index (χ0n) is 25.0. The zero-order chi connectivity index (χ0) is 30.0. The molecule has 1 aliphatic rings. The first-order valence-electron chi connectivity index (χ1n) is 15.7. The van der Waals surface area contributed by atoms with E-state index in [9.17, 15) is 0 Å². The molecule has 7 aromatic rings. The van der Waals surface area contributed by atoms with Crippen molar-refractivity contribution in [3.63, 3.8) is 0 Å². The lowest BCUT2D eigenvalue weighted by molar-refractivity contribution is 1.45. The third-order valence-corrected chi connectivity index (χ3v) is 8.94. The molecule has 1 aliphatic carbocycles. The highest BCUT2D eigenvalue weighted by Gasteiger charge is 2.09. The van der Waals surface area contributed by atoms with Crippen LogP contribution >= 0.6 is 0 Å². The molecule has 7 aromatic carbocycles. The van der Waals surface area contributed by atoms with Gasteiger partial charge in [0.15, 0.2) is 0 Å². The van der Waals surface area contributed by atoms with Crippen LogP contribution in [0.5, 0.6) is 0 Å². The van der Waals surface area contributed by atoms with Crippen molar-refractivity contribution < 1.29 is 0 Å². The van der Waals surface area contributed by atoms with E-state index in [2.05, 4.69) is 182 Å². The van der Waals surface area contributed by atoms with Crippen LogP contribution in [0.1, 0.15) is 12.0 Å². The minimum atomic E-state index is 1.03. The number of benzene rings is 7. The fourth-order valence-electron chi connectivity index (χ4n) is 6.41. The number of fused-ring (bicyclic) bond motifs is 1. The van der Waals surface area contributed by atoms with E-state index in [0.717, 1.165) is 6.42 Å². The Kier molecular flexibility index (Phi) is 7.02. The average molecular weight is 573 g/mol. The van der Waals surface area contributed by atoms with Crippen LogP contribution in [-0.2, 0) is 0 Å². The molecule has 0 radical (unpaired) electrons. The molecule has 0 spiro atoms. The molecule has 0 unspecified atom stereocenters. The van der Waals surface area contributed by atoms with E-state index in [1.165, 1.54) is 77.5 Å². The summed E-state index contributed by atoms with van der Waals surface area (Å²) >= 11 is 0. The van der Waals surface area contributed by atoms with Crippen LogP contribution in [0.4, 0.5) is 0 Å². The lowest BCUT2D eigenvalue weighted by atomic mass is 9.93. The Balaban J connectivity index is 1.05. The van der Waals surface area contributed by atoms with Gasteiger partial charge >= 0.3 is 0 Å². The summed E-state index contributed by atoms with van der Waals surface area (Å²) in [5, 5.41) is 2.52. The Morgan fingerprint density at radius 1 is 0.333 bits per heavy atom. The second-order valence-corrected chi connectivity index (χ2v) is 11.7. The largest absolute Gasteiger partial charge is 0.0801 e. The van der Waals surface area contributed by atoms with Gasteiger partial charge in [-0.05, 0) is 90.0 Å². The molecule has 0 aliphatic heterocycles. The van der Waals surface area contributed by atoms with Gasteiger partial charge in [0.1, 0.15) is 0 Å². The van der Waals surface area contributed by atoms with Crippen LogP contribution in [-0.4, -0.2) is 0 Å². The molecule has 0 bridgehead atoms. The molecule has 0 fully saturated rings. The number of allylic oxidation sites excluding steroid dienone is 4. The molecule has 212 valence electrons. The highest BCUT2D eigenvalue weighted by atomic mass is 14.1. The van der Waals surface area contributed by atoms with Gasteiger partial charge in [0.25, 0.3) is 0 Å². The van der Waals surface area contributed by atoms with Crippen molar-refractivity contribution in [2.24, 2.45) is 0 Å². The smallest absolute Gasteiger partial charge is 0.00992 e. The zero-order valence-corrected chi connectivity index (χ0v) is 25.0. The molecule has 45 heavy (non-hydrogen) atoms. The van der Waals surface area contributed by atoms with Gasteiger partial charge in [0.2, 0.25) is 0 Å². The van der Waals surface area contributed by atoms with Crippen molar-refractivity contribution in [3.8, 4) is 55.6 Å². The summed E-state index contributed by atoms with van der Waals surface area (Å²) < 4.78 is 0. The number of hydrogen-bond acceptors (Lipinski definition) is 0. The van der Waals surface area contributed by atoms with Crippen LogP contribution in [0, 0.1) is 0 Å². The molecule has 0 heterocycles. The van der Waals surface area contributed by atoms with Crippen LogP contribution in [0.2, 0.25) is 0 Å². The van der Waals surface area contributed by atoms with Crippen molar-refractivity contribution >= 4 is 16.3 Å². The summed E-state index contributed by atoms with van der Waals surface area (Å²) in [6.45, 7) is 0. The normalized spacial score (nSPS) is 12.4. The summed E-state index contributed by atoms with van der Waals surface area (Å²) in [5.41, 5.74) is 14.9. The van der Waals surface area contributed by atoms with Gasteiger partial charge in [-0.3, -0.25) is 0 Å². The van der Waals surface area contributed by atoms with Gasteiger partial charge in [0, 0.05) is 0 Å². The van der Waals surface area contributed by atoms with Crippen LogP contribution < -0.4 is 0 Å². The summed E-state index contributed by atoms with van der Waals surface area (Å²) in [5.74, 6) is 0. The van der Waals surface area contributed by atoms with Crippen molar-refractivity contribution in [2.75, 3.05) is 0 Å². The van der Waals surface area contributed by atoms with E-state index in [4.69, 9.17) is 0 Å². The summed E-state index contributed by atoms with van der Waals surface area (Å²) in [6, 6.07) is 59.7.